The molecule has 1 fully saturated rings. The Kier molecular flexibility index (Phi) is 6.09. The highest BCUT2D eigenvalue weighted by atomic mass is 16.5. The molecule has 5 heteroatoms. The van der Waals surface area contributed by atoms with Crippen molar-refractivity contribution < 1.29 is 19.4 Å². The van der Waals surface area contributed by atoms with Gasteiger partial charge < -0.3 is 14.7 Å². The van der Waals surface area contributed by atoms with Crippen molar-refractivity contribution in [1.82, 2.24) is 4.90 Å². The van der Waals surface area contributed by atoms with Gasteiger partial charge in [-0.1, -0.05) is 32.9 Å². The van der Waals surface area contributed by atoms with Crippen LogP contribution < -0.4 is 4.74 Å². The lowest BCUT2D eigenvalue weighted by molar-refractivity contribution is -0.151. The first-order valence-corrected chi connectivity index (χ1v) is 8.99. The number of amides is 1. The number of benzene rings is 1. The van der Waals surface area contributed by atoms with Gasteiger partial charge in [0.2, 0.25) is 5.91 Å². The van der Waals surface area contributed by atoms with Crippen molar-refractivity contribution in [1.29, 1.82) is 0 Å². The third-order valence-corrected chi connectivity index (χ3v) is 5.69. The fourth-order valence-corrected chi connectivity index (χ4v) is 3.65. The lowest BCUT2D eigenvalue weighted by Gasteiger charge is -2.29. The van der Waals surface area contributed by atoms with E-state index in [2.05, 4.69) is 6.92 Å². The second-order valence-electron chi connectivity index (χ2n) is 7.26. The Morgan fingerprint density at radius 3 is 2.36 bits per heavy atom. The van der Waals surface area contributed by atoms with Crippen LogP contribution in [0.1, 0.15) is 51.5 Å². The van der Waals surface area contributed by atoms with Gasteiger partial charge in [0.15, 0.2) is 0 Å². The third kappa shape index (κ3) is 3.97. The second-order valence-corrected chi connectivity index (χ2v) is 7.26. The van der Waals surface area contributed by atoms with Gasteiger partial charge in [-0.25, -0.2) is 0 Å². The predicted octanol–water partition coefficient (Wildman–Crippen LogP) is 3.54. The van der Waals surface area contributed by atoms with Crippen molar-refractivity contribution in [2.24, 2.45) is 11.3 Å². The van der Waals surface area contributed by atoms with Gasteiger partial charge in [0.05, 0.1) is 12.5 Å². The van der Waals surface area contributed by atoms with Gasteiger partial charge in [0, 0.05) is 19.5 Å². The van der Waals surface area contributed by atoms with Crippen molar-refractivity contribution in [3.8, 4) is 5.75 Å². The minimum absolute atomic E-state index is 0.00589. The van der Waals surface area contributed by atoms with E-state index in [1.807, 2.05) is 38.1 Å². The highest BCUT2D eigenvalue weighted by Gasteiger charge is 2.48. The number of ether oxygens (including phenoxy) is 1. The first kappa shape index (κ1) is 19.3. The fourth-order valence-electron chi connectivity index (χ4n) is 3.65. The van der Waals surface area contributed by atoms with Gasteiger partial charge >= 0.3 is 5.97 Å². The summed E-state index contributed by atoms with van der Waals surface area (Å²) >= 11 is 0. The molecule has 5 nitrogen and oxygen atoms in total. The maximum absolute atomic E-state index is 12.8. The van der Waals surface area contributed by atoms with Crippen molar-refractivity contribution in [3.05, 3.63) is 29.8 Å². The molecule has 138 valence electrons. The maximum atomic E-state index is 12.8. The Morgan fingerprint density at radius 2 is 1.92 bits per heavy atom. The van der Waals surface area contributed by atoms with Crippen LogP contribution in [0.5, 0.6) is 5.75 Å². The molecule has 1 heterocycles. The standard InChI is InChI=1S/C20H29NO4/c1-5-15(16-6-8-17(25-4)9-7-16)12-18(22)21-11-10-20(13-21,14(2)3)19(23)24/h6-9,14-15H,5,10-13H2,1-4H3,(H,23,24). The SMILES string of the molecule is CCC(CC(=O)N1CCC(C(=O)O)(C(C)C)C1)c1ccc(OC)cc1. The third-order valence-electron chi connectivity index (χ3n) is 5.69. The van der Waals surface area contributed by atoms with E-state index in [-0.39, 0.29) is 17.7 Å². The molecule has 2 rings (SSSR count). The molecular weight excluding hydrogens is 318 g/mol. The van der Waals surface area contributed by atoms with Gasteiger partial charge in [-0.05, 0) is 42.4 Å². The fraction of sp³-hybridized carbons (Fsp3) is 0.600. The van der Waals surface area contributed by atoms with Crippen LogP contribution in [0.15, 0.2) is 24.3 Å². The summed E-state index contributed by atoms with van der Waals surface area (Å²) in [5.41, 5.74) is 0.307. The van der Waals surface area contributed by atoms with Crippen LogP contribution in [0.3, 0.4) is 0 Å². The molecule has 0 aliphatic carbocycles. The Morgan fingerprint density at radius 1 is 1.28 bits per heavy atom. The summed E-state index contributed by atoms with van der Waals surface area (Å²) in [7, 11) is 1.63. The van der Waals surface area contributed by atoms with Crippen molar-refractivity contribution in [2.45, 2.75) is 46.0 Å². The zero-order valence-electron chi connectivity index (χ0n) is 15.6. The molecule has 0 bridgehead atoms. The molecule has 2 unspecified atom stereocenters. The molecule has 1 aliphatic rings. The summed E-state index contributed by atoms with van der Waals surface area (Å²) < 4.78 is 5.18. The zero-order valence-corrected chi connectivity index (χ0v) is 15.6. The topological polar surface area (TPSA) is 66.8 Å². The number of methoxy groups -OCH3 is 1. The van der Waals surface area contributed by atoms with E-state index in [9.17, 15) is 14.7 Å². The molecule has 1 aromatic carbocycles. The average Bonchev–Trinajstić information content (AvgIpc) is 3.07. The van der Waals surface area contributed by atoms with Crippen LogP contribution in [0, 0.1) is 11.3 Å². The monoisotopic (exact) mass is 347 g/mol. The van der Waals surface area contributed by atoms with Gasteiger partial charge in [0.1, 0.15) is 5.75 Å². The van der Waals surface area contributed by atoms with Crippen LogP contribution >= 0.6 is 0 Å². The number of carbonyl (C=O) groups excluding carboxylic acids is 1. The molecule has 0 radical (unpaired) electrons. The van der Waals surface area contributed by atoms with Crippen LogP contribution in [0.25, 0.3) is 0 Å². The summed E-state index contributed by atoms with van der Waals surface area (Å²) in [6.45, 7) is 6.77. The Bertz CT molecular complexity index is 611. The number of carboxylic acids is 1. The molecule has 0 saturated carbocycles. The lowest BCUT2D eigenvalue weighted by Crippen LogP contribution is -2.40. The predicted molar refractivity (Wildman–Crippen MR) is 96.7 cm³/mol. The van der Waals surface area contributed by atoms with Gasteiger partial charge in [-0.2, -0.15) is 0 Å². The van der Waals surface area contributed by atoms with E-state index in [0.29, 0.717) is 25.9 Å². The van der Waals surface area contributed by atoms with Crippen molar-refractivity contribution in [3.63, 3.8) is 0 Å². The van der Waals surface area contributed by atoms with Crippen LogP contribution in [0.2, 0.25) is 0 Å². The Balaban J connectivity index is 2.06. The Hall–Kier alpha value is -2.04. The summed E-state index contributed by atoms with van der Waals surface area (Å²) in [6.07, 6.45) is 1.81. The number of rotatable bonds is 7. The number of hydrogen-bond acceptors (Lipinski definition) is 3. The highest BCUT2D eigenvalue weighted by Crippen LogP contribution is 2.39. The van der Waals surface area contributed by atoms with E-state index >= 15 is 0 Å². The lowest BCUT2D eigenvalue weighted by atomic mass is 9.76. The van der Waals surface area contributed by atoms with E-state index in [1.165, 1.54) is 0 Å². The molecule has 0 spiro atoms. The van der Waals surface area contributed by atoms with E-state index in [0.717, 1.165) is 17.7 Å². The maximum Gasteiger partial charge on any atom is 0.311 e. The van der Waals surface area contributed by atoms with Gasteiger partial charge in [0.25, 0.3) is 0 Å². The minimum atomic E-state index is -0.808. The van der Waals surface area contributed by atoms with Crippen LogP contribution in [-0.2, 0) is 9.59 Å². The number of likely N-dealkylation sites (tertiary alicyclic amines) is 1. The minimum Gasteiger partial charge on any atom is -0.497 e. The number of carbonyl (C=O) groups is 2. The first-order chi connectivity index (χ1) is 11.8. The van der Waals surface area contributed by atoms with Gasteiger partial charge in [-0.3, -0.25) is 9.59 Å². The first-order valence-electron chi connectivity index (χ1n) is 8.99. The van der Waals surface area contributed by atoms with E-state index in [4.69, 9.17) is 4.74 Å². The molecule has 1 aliphatic heterocycles. The second kappa shape index (κ2) is 7.89. The largest absolute Gasteiger partial charge is 0.497 e. The summed E-state index contributed by atoms with van der Waals surface area (Å²) in [5, 5.41) is 9.64. The smallest absolute Gasteiger partial charge is 0.311 e. The van der Waals surface area contributed by atoms with E-state index in [1.54, 1.807) is 12.0 Å². The molecule has 25 heavy (non-hydrogen) atoms. The molecule has 2 atom stereocenters. The summed E-state index contributed by atoms with van der Waals surface area (Å²) in [4.78, 5) is 26.2. The number of hydrogen-bond donors (Lipinski definition) is 1. The highest BCUT2D eigenvalue weighted by molar-refractivity contribution is 5.81. The zero-order chi connectivity index (χ0) is 18.6. The van der Waals surface area contributed by atoms with Crippen LogP contribution in [0.4, 0.5) is 0 Å². The normalized spacial score (nSPS) is 21.4. The number of carboxylic acid groups (broad SMARTS) is 1. The molecule has 1 N–H and O–H groups in total. The average molecular weight is 347 g/mol. The molecule has 1 saturated heterocycles. The van der Waals surface area contributed by atoms with Gasteiger partial charge in [-0.15, -0.1) is 0 Å². The Labute approximate surface area is 150 Å². The molecule has 1 amide bonds. The van der Waals surface area contributed by atoms with Crippen LogP contribution in [-0.4, -0.2) is 42.1 Å². The summed E-state index contributed by atoms with van der Waals surface area (Å²) in [6, 6.07) is 7.82. The molecular formula is C20H29NO4. The molecule has 1 aromatic rings. The van der Waals surface area contributed by atoms with Crippen molar-refractivity contribution in [2.75, 3.05) is 20.2 Å². The number of nitrogens with zero attached hydrogens (tertiary/aromatic N) is 1. The van der Waals surface area contributed by atoms with E-state index < -0.39 is 11.4 Å². The molecule has 0 aromatic heterocycles. The summed E-state index contributed by atoms with van der Waals surface area (Å²) in [5.74, 6) is 0.197. The quantitative estimate of drug-likeness (QED) is 0.819. The van der Waals surface area contributed by atoms with Crippen molar-refractivity contribution >= 4 is 11.9 Å². The number of aliphatic carboxylic acids is 1.